The van der Waals surface area contributed by atoms with Gasteiger partial charge in [-0.3, -0.25) is 0 Å². The molecule has 0 saturated heterocycles. The van der Waals surface area contributed by atoms with Gasteiger partial charge in [-0.1, -0.05) is 12.1 Å². The lowest BCUT2D eigenvalue weighted by Gasteiger charge is -2.44. The SMILES string of the molecule is CCOC1CC(Nc2cccc3c2CCCC3)C1OC. The monoisotopic (exact) mass is 275 g/mol. The number of ether oxygens (including phenoxy) is 2. The minimum atomic E-state index is 0.175. The normalized spacial score (nSPS) is 28.6. The van der Waals surface area contributed by atoms with Gasteiger partial charge in [-0.25, -0.2) is 0 Å². The Balaban J connectivity index is 1.70. The molecule has 3 nitrogen and oxygen atoms in total. The van der Waals surface area contributed by atoms with Gasteiger partial charge in [-0.2, -0.15) is 0 Å². The molecular formula is C17H25NO2. The minimum absolute atomic E-state index is 0.175. The van der Waals surface area contributed by atoms with Gasteiger partial charge >= 0.3 is 0 Å². The molecular weight excluding hydrogens is 250 g/mol. The second-order valence-electron chi connectivity index (χ2n) is 5.83. The predicted octanol–water partition coefficient (Wildman–Crippen LogP) is 3.17. The third-order valence-electron chi connectivity index (χ3n) is 4.64. The van der Waals surface area contributed by atoms with Gasteiger partial charge < -0.3 is 14.8 Å². The summed E-state index contributed by atoms with van der Waals surface area (Å²) in [6.45, 7) is 2.80. The maximum absolute atomic E-state index is 5.70. The van der Waals surface area contributed by atoms with E-state index in [1.807, 2.05) is 6.92 Å². The summed E-state index contributed by atoms with van der Waals surface area (Å²) in [7, 11) is 1.78. The Morgan fingerprint density at radius 3 is 2.90 bits per heavy atom. The lowest BCUT2D eigenvalue weighted by molar-refractivity contribution is -0.118. The number of rotatable bonds is 5. The highest BCUT2D eigenvalue weighted by Gasteiger charge is 2.42. The molecule has 1 aromatic rings. The van der Waals surface area contributed by atoms with E-state index in [1.165, 1.54) is 42.5 Å². The predicted molar refractivity (Wildman–Crippen MR) is 81.3 cm³/mol. The van der Waals surface area contributed by atoms with Crippen molar-refractivity contribution in [2.45, 2.75) is 57.3 Å². The Kier molecular flexibility index (Phi) is 4.27. The zero-order valence-corrected chi connectivity index (χ0v) is 12.5. The number of anilines is 1. The van der Waals surface area contributed by atoms with Crippen LogP contribution in [0.3, 0.4) is 0 Å². The second-order valence-corrected chi connectivity index (χ2v) is 5.83. The molecule has 0 bridgehead atoms. The molecule has 1 N–H and O–H groups in total. The van der Waals surface area contributed by atoms with Gasteiger partial charge in [0.1, 0.15) is 6.10 Å². The number of aryl methyl sites for hydroxylation is 1. The first-order valence-electron chi connectivity index (χ1n) is 7.85. The highest BCUT2D eigenvalue weighted by Crippen LogP contribution is 2.33. The van der Waals surface area contributed by atoms with Crippen LogP contribution in [0.25, 0.3) is 0 Å². The summed E-state index contributed by atoms with van der Waals surface area (Å²) in [6, 6.07) is 7.04. The van der Waals surface area contributed by atoms with E-state index in [2.05, 4.69) is 23.5 Å². The number of nitrogens with one attached hydrogen (secondary N) is 1. The van der Waals surface area contributed by atoms with Crippen molar-refractivity contribution >= 4 is 5.69 Å². The average Bonchev–Trinajstić information content (AvgIpc) is 2.46. The molecule has 3 heteroatoms. The summed E-state index contributed by atoms with van der Waals surface area (Å²) in [5, 5.41) is 3.69. The first-order valence-corrected chi connectivity index (χ1v) is 7.85. The van der Waals surface area contributed by atoms with Crippen LogP contribution in [-0.4, -0.2) is 32.0 Å². The van der Waals surface area contributed by atoms with Crippen LogP contribution in [0, 0.1) is 0 Å². The smallest absolute Gasteiger partial charge is 0.103 e. The Morgan fingerprint density at radius 1 is 1.25 bits per heavy atom. The summed E-state index contributed by atoms with van der Waals surface area (Å²) in [6.07, 6.45) is 6.54. The van der Waals surface area contributed by atoms with Crippen LogP contribution < -0.4 is 5.32 Å². The molecule has 3 unspecified atom stereocenters. The molecule has 1 aromatic carbocycles. The van der Waals surface area contributed by atoms with Crippen LogP contribution in [0.4, 0.5) is 5.69 Å². The van der Waals surface area contributed by atoms with Crippen LogP contribution in [0.2, 0.25) is 0 Å². The lowest BCUT2D eigenvalue weighted by atomic mass is 9.84. The van der Waals surface area contributed by atoms with Crippen LogP contribution in [-0.2, 0) is 22.3 Å². The molecule has 0 spiro atoms. The van der Waals surface area contributed by atoms with E-state index in [0.29, 0.717) is 6.04 Å². The Labute approximate surface area is 121 Å². The molecule has 20 heavy (non-hydrogen) atoms. The minimum Gasteiger partial charge on any atom is -0.379 e. The van der Waals surface area contributed by atoms with Gasteiger partial charge in [0.25, 0.3) is 0 Å². The highest BCUT2D eigenvalue weighted by molar-refractivity contribution is 5.56. The average molecular weight is 275 g/mol. The van der Waals surface area contributed by atoms with Crippen LogP contribution in [0.15, 0.2) is 18.2 Å². The van der Waals surface area contributed by atoms with Crippen LogP contribution in [0.5, 0.6) is 0 Å². The van der Waals surface area contributed by atoms with E-state index < -0.39 is 0 Å². The maximum Gasteiger partial charge on any atom is 0.103 e. The van der Waals surface area contributed by atoms with Gasteiger partial charge in [0.15, 0.2) is 0 Å². The summed E-state index contributed by atoms with van der Waals surface area (Å²) < 4.78 is 11.3. The summed E-state index contributed by atoms with van der Waals surface area (Å²) >= 11 is 0. The number of methoxy groups -OCH3 is 1. The Bertz CT molecular complexity index is 460. The van der Waals surface area contributed by atoms with Crippen molar-refractivity contribution in [3.8, 4) is 0 Å². The molecule has 0 amide bonds. The van der Waals surface area contributed by atoms with Gasteiger partial charge in [0.05, 0.1) is 12.1 Å². The van der Waals surface area contributed by atoms with E-state index in [9.17, 15) is 0 Å². The van der Waals surface area contributed by atoms with Crippen molar-refractivity contribution in [2.24, 2.45) is 0 Å². The van der Waals surface area contributed by atoms with E-state index in [1.54, 1.807) is 7.11 Å². The highest BCUT2D eigenvalue weighted by atomic mass is 16.5. The largest absolute Gasteiger partial charge is 0.379 e. The number of hydrogen-bond acceptors (Lipinski definition) is 3. The first-order chi connectivity index (χ1) is 9.83. The quantitative estimate of drug-likeness (QED) is 0.895. The fourth-order valence-corrected chi connectivity index (χ4v) is 3.53. The number of benzene rings is 1. The van der Waals surface area contributed by atoms with E-state index in [-0.39, 0.29) is 12.2 Å². The van der Waals surface area contributed by atoms with E-state index in [0.717, 1.165) is 13.0 Å². The van der Waals surface area contributed by atoms with Crippen molar-refractivity contribution in [1.29, 1.82) is 0 Å². The topological polar surface area (TPSA) is 30.5 Å². The standard InChI is InChI=1S/C17H25NO2/c1-3-20-16-11-15(17(16)19-2)18-14-10-6-8-12-7-4-5-9-13(12)14/h6,8,10,15-18H,3-5,7,9,11H2,1-2H3. The molecule has 0 radical (unpaired) electrons. The van der Waals surface area contributed by atoms with Crippen LogP contribution in [0.1, 0.15) is 37.3 Å². The maximum atomic E-state index is 5.70. The Hall–Kier alpha value is -1.06. The first kappa shape index (κ1) is 13.9. The molecule has 0 aliphatic heterocycles. The number of fused-ring (bicyclic) bond motifs is 1. The zero-order valence-electron chi connectivity index (χ0n) is 12.5. The van der Waals surface area contributed by atoms with Crippen LogP contribution >= 0.6 is 0 Å². The molecule has 3 atom stereocenters. The van der Waals surface area contributed by atoms with Gasteiger partial charge in [-0.15, -0.1) is 0 Å². The van der Waals surface area contributed by atoms with Crippen molar-refractivity contribution < 1.29 is 9.47 Å². The molecule has 0 aromatic heterocycles. The van der Waals surface area contributed by atoms with Crippen molar-refractivity contribution in [2.75, 3.05) is 19.0 Å². The van der Waals surface area contributed by atoms with E-state index >= 15 is 0 Å². The lowest BCUT2D eigenvalue weighted by Crippen LogP contribution is -2.56. The van der Waals surface area contributed by atoms with Gasteiger partial charge in [-0.05, 0) is 56.2 Å². The zero-order chi connectivity index (χ0) is 13.9. The van der Waals surface area contributed by atoms with Crippen molar-refractivity contribution in [3.63, 3.8) is 0 Å². The summed E-state index contributed by atoms with van der Waals surface area (Å²) in [5.41, 5.74) is 4.36. The third-order valence-corrected chi connectivity index (χ3v) is 4.64. The molecule has 1 fully saturated rings. The molecule has 110 valence electrons. The fraction of sp³-hybridized carbons (Fsp3) is 0.647. The van der Waals surface area contributed by atoms with Gasteiger partial charge in [0, 0.05) is 19.4 Å². The molecule has 2 aliphatic carbocycles. The molecule has 2 aliphatic rings. The summed E-state index contributed by atoms with van der Waals surface area (Å²) in [5.74, 6) is 0. The molecule has 1 saturated carbocycles. The fourth-order valence-electron chi connectivity index (χ4n) is 3.53. The van der Waals surface area contributed by atoms with Crippen molar-refractivity contribution in [1.82, 2.24) is 0 Å². The van der Waals surface area contributed by atoms with Gasteiger partial charge in [0.2, 0.25) is 0 Å². The van der Waals surface area contributed by atoms with E-state index in [4.69, 9.17) is 9.47 Å². The second kappa shape index (κ2) is 6.15. The van der Waals surface area contributed by atoms with Crippen molar-refractivity contribution in [3.05, 3.63) is 29.3 Å². The third kappa shape index (κ3) is 2.57. The Morgan fingerprint density at radius 2 is 2.10 bits per heavy atom. The summed E-state index contributed by atoms with van der Waals surface area (Å²) in [4.78, 5) is 0. The number of hydrogen-bond donors (Lipinski definition) is 1. The molecule has 0 heterocycles. The molecule has 3 rings (SSSR count).